The molecule has 0 aliphatic carbocycles. The normalized spacial score (nSPS) is 16.3. The highest BCUT2D eigenvalue weighted by molar-refractivity contribution is 6.13. The number of ether oxygens (including phenoxy) is 1. The number of ketones is 1. The van der Waals surface area contributed by atoms with Gasteiger partial charge in [0.15, 0.2) is 5.78 Å². The van der Waals surface area contributed by atoms with Gasteiger partial charge in [-0.15, -0.1) is 0 Å². The number of hydrogen-bond donors (Lipinski definition) is 3. The molecule has 8 heteroatoms. The van der Waals surface area contributed by atoms with Crippen LogP contribution >= 0.6 is 0 Å². The van der Waals surface area contributed by atoms with Crippen molar-refractivity contribution in [2.24, 2.45) is 10.8 Å². The quantitative estimate of drug-likeness (QED) is 0.491. The van der Waals surface area contributed by atoms with Crippen molar-refractivity contribution in [1.82, 2.24) is 0 Å². The van der Waals surface area contributed by atoms with E-state index in [9.17, 15) is 29.4 Å². The summed E-state index contributed by atoms with van der Waals surface area (Å²) in [6, 6.07) is 0. The van der Waals surface area contributed by atoms with E-state index in [2.05, 4.69) is 0 Å². The predicted molar refractivity (Wildman–Crippen MR) is 74.0 cm³/mol. The smallest absolute Gasteiger partial charge is 0.359 e. The molecule has 2 unspecified atom stereocenters. The van der Waals surface area contributed by atoms with Crippen molar-refractivity contribution < 1.29 is 39.2 Å². The van der Waals surface area contributed by atoms with Crippen LogP contribution in [0.4, 0.5) is 0 Å². The first kappa shape index (κ1) is 20.0. The fourth-order valence-electron chi connectivity index (χ4n) is 1.51. The number of carbonyl (C=O) groups excluding carboxylic acids is 2. The summed E-state index contributed by atoms with van der Waals surface area (Å²) in [6.45, 7) is 8.18. The second-order valence-corrected chi connectivity index (χ2v) is 7.00. The molecule has 0 aliphatic heterocycles. The van der Waals surface area contributed by atoms with Crippen molar-refractivity contribution in [3.63, 3.8) is 0 Å². The Balaban J connectivity index is 6.26. The summed E-state index contributed by atoms with van der Waals surface area (Å²) in [6.07, 6.45) is -2.73. The molecule has 3 N–H and O–H groups in total. The molecule has 0 aromatic carbocycles. The average molecular weight is 318 g/mol. The van der Waals surface area contributed by atoms with Gasteiger partial charge in [0.05, 0.1) is 5.41 Å². The van der Waals surface area contributed by atoms with Crippen LogP contribution in [0.1, 0.15) is 41.5 Å². The number of rotatable bonds is 5. The summed E-state index contributed by atoms with van der Waals surface area (Å²) in [5, 5.41) is 28.1. The molecule has 0 aromatic rings. The van der Waals surface area contributed by atoms with Crippen molar-refractivity contribution in [2.75, 3.05) is 0 Å². The highest BCUT2D eigenvalue weighted by Gasteiger charge is 2.62. The van der Waals surface area contributed by atoms with Gasteiger partial charge in [0.1, 0.15) is 0 Å². The van der Waals surface area contributed by atoms with Crippen LogP contribution < -0.4 is 0 Å². The summed E-state index contributed by atoms with van der Waals surface area (Å²) >= 11 is 0. The molecular weight excluding hydrogens is 296 g/mol. The molecule has 0 fully saturated rings. The van der Waals surface area contributed by atoms with Crippen LogP contribution in [0.5, 0.6) is 0 Å². The van der Waals surface area contributed by atoms with E-state index in [4.69, 9.17) is 9.84 Å². The number of aliphatic hydroxyl groups is 1. The molecule has 0 spiro atoms. The number of carbonyl (C=O) groups is 4. The summed E-state index contributed by atoms with van der Waals surface area (Å²) in [7, 11) is 0. The van der Waals surface area contributed by atoms with E-state index >= 15 is 0 Å². The summed E-state index contributed by atoms with van der Waals surface area (Å²) < 4.78 is 4.76. The van der Waals surface area contributed by atoms with Gasteiger partial charge in [-0.2, -0.15) is 0 Å². The molecule has 8 nitrogen and oxygen atoms in total. The number of esters is 1. The molecule has 0 rings (SSSR count). The van der Waals surface area contributed by atoms with Gasteiger partial charge in [-0.1, -0.05) is 20.8 Å². The Morgan fingerprint density at radius 3 is 1.50 bits per heavy atom. The van der Waals surface area contributed by atoms with Gasteiger partial charge in [-0.05, 0) is 20.8 Å². The minimum atomic E-state index is -3.21. The van der Waals surface area contributed by atoms with Gasteiger partial charge >= 0.3 is 23.5 Å². The van der Waals surface area contributed by atoms with E-state index in [1.165, 1.54) is 41.5 Å². The lowest BCUT2D eigenvalue weighted by Crippen LogP contribution is -2.64. The minimum absolute atomic E-state index is 1.12. The Labute approximate surface area is 128 Å². The molecule has 0 bridgehead atoms. The molecule has 0 amide bonds. The van der Waals surface area contributed by atoms with Gasteiger partial charge in [0, 0.05) is 5.41 Å². The first-order chi connectivity index (χ1) is 9.58. The SMILES string of the molecule is CC(C)(C)C(=O)OC(C(=O)O)(C(=O)C(C)(C)C)C(O)C(=O)O. The summed E-state index contributed by atoms with van der Waals surface area (Å²) in [5.74, 6) is -6.37. The predicted octanol–water partition coefficient (Wildman–Crippen LogP) is 0.460. The van der Waals surface area contributed by atoms with Crippen LogP contribution in [-0.4, -0.2) is 50.7 Å². The molecule has 0 heterocycles. The summed E-state index contributed by atoms with van der Waals surface area (Å²) in [4.78, 5) is 47.1. The minimum Gasteiger partial charge on any atom is -0.479 e. The summed E-state index contributed by atoms with van der Waals surface area (Å²) in [5.41, 5.74) is -5.78. The molecule has 22 heavy (non-hydrogen) atoms. The van der Waals surface area contributed by atoms with Gasteiger partial charge in [0.25, 0.3) is 0 Å². The highest BCUT2D eigenvalue weighted by atomic mass is 16.6. The Kier molecular flexibility index (Phi) is 5.50. The molecular formula is C14H22O8. The molecule has 0 saturated carbocycles. The maximum Gasteiger partial charge on any atom is 0.359 e. The molecule has 126 valence electrons. The zero-order valence-corrected chi connectivity index (χ0v) is 13.5. The van der Waals surface area contributed by atoms with Crippen molar-refractivity contribution in [3.8, 4) is 0 Å². The van der Waals surface area contributed by atoms with E-state index in [-0.39, 0.29) is 0 Å². The Bertz CT molecular complexity index is 494. The lowest BCUT2D eigenvalue weighted by Gasteiger charge is -2.36. The number of Topliss-reactive ketones (excluding diaryl/α,β-unsaturated/α-hetero) is 1. The van der Waals surface area contributed by atoms with Gasteiger partial charge in [-0.25, -0.2) is 9.59 Å². The first-order valence-corrected chi connectivity index (χ1v) is 6.51. The van der Waals surface area contributed by atoms with Crippen LogP contribution in [0.15, 0.2) is 0 Å². The average Bonchev–Trinajstić information content (AvgIpc) is 2.30. The lowest BCUT2D eigenvalue weighted by atomic mass is 9.76. The van der Waals surface area contributed by atoms with E-state index in [1.807, 2.05) is 0 Å². The van der Waals surface area contributed by atoms with E-state index < -0.39 is 46.2 Å². The Morgan fingerprint density at radius 2 is 1.27 bits per heavy atom. The van der Waals surface area contributed by atoms with Crippen LogP contribution in [0.2, 0.25) is 0 Å². The zero-order valence-electron chi connectivity index (χ0n) is 13.5. The number of aliphatic hydroxyl groups excluding tert-OH is 1. The van der Waals surface area contributed by atoms with Gasteiger partial charge in [0.2, 0.25) is 6.10 Å². The highest BCUT2D eigenvalue weighted by Crippen LogP contribution is 2.32. The topological polar surface area (TPSA) is 138 Å². The van der Waals surface area contributed by atoms with E-state index in [0.717, 1.165) is 0 Å². The van der Waals surface area contributed by atoms with Crippen molar-refractivity contribution >= 4 is 23.7 Å². The van der Waals surface area contributed by atoms with Crippen molar-refractivity contribution in [1.29, 1.82) is 0 Å². The Morgan fingerprint density at radius 1 is 0.864 bits per heavy atom. The van der Waals surface area contributed by atoms with Crippen molar-refractivity contribution in [3.05, 3.63) is 0 Å². The van der Waals surface area contributed by atoms with Crippen LogP contribution in [-0.2, 0) is 23.9 Å². The number of carboxylic acids is 2. The second-order valence-electron chi connectivity index (χ2n) is 7.00. The fourth-order valence-corrected chi connectivity index (χ4v) is 1.51. The second kappa shape index (κ2) is 6.04. The molecule has 0 radical (unpaired) electrons. The number of carboxylic acid groups (broad SMARTS) is 2. The molecule has 0 aromatic heterocycles. The van der Waals surface area contributed by atoms with E-state index in [0.29, 0.717) is 0 Å². The zero-order chi connectivity index (χ0) is 18.1. The third-order valence-corrected chi connectivity index (χ3v) is 2.82. The van der Waals surface area contributed by atoms with Crippen LogP contribution in [0.3, 0.4) is 0 Å². The Hall–Kier alpha value is -1.96. The fraction of sp³-hybridized carbons (Fsp3) is 0.714. The van der Waals surface area contributed by atoms with Gasteiger partial charge < -0.3 is 20.1 Å². The van der Waals surface area contributed by atoms with Gasteiger partial charge in [-0.3, -0.25) is 9.59 Å². The number of hydrogen-bond acceptors (Lipinski definition) is 6. The lowest BCUT2D eigenvalue weighted by molar-refractivity contribution is -0.206. The standard InChI is InChI=1S/C14H22O8/c1-12(2,3)9(18)14(10(19)20,7(15)8(16)17)22-11(21)13(4,5)6/h7,15H,1-6H3,(H,16,17)(H,19,20). The molecule has 0 aliphatic rings. The van der Waals surface area contributed by atoms with Crippen LogP contribution in [0.25, 0.3) is 0 Å². The maximum absolute atomic E-state index is 12.5. The van der Waals surface area contributed by atoms with Crippen molar-refractivity contribution in [2.45, 2.75) is 53.2 Å². The molecule has 2 atom stereocenters. The first-order valence-electron chi connectivity index (χ1n) is 6.51. The third kappa shape index (κ3) is 3.82. The maximum atomic E-state index is 12.5. The third-order valence-electron chi connectivity index (χ3n) is 2.82. The molecule has 0 saturated heterocycles. The van der Waals surface area contributed by atoms with Crippen LogP contribution in [0, 0.1) is 10.8 Å². The monoisotopic (exact) mass is 318 g/mol. The number of aliphatic carboxylic acids is 2. The largest absolute Gasteiger partial charge is 0.479 e. The van der Waals surface area contributed by atoms with E-state index in [1.54, 1.807) is 0 Å².